The number of fused-ring (bicyclic) bond motifs is 1. The van der Waals surface area contributed by atoms with E-state index in [2.05, 4.69) is 0 Å². The molecular weight excluding hydrogens is 444 g/mol. The van der Waals surface area contributed by atoms with Gasteiger partial charge in [0.1, 0.15) is 18.0 Å². The molecular formula is C29H30O6. The van der Waals surface area contributed by atoms with Gasteiger partial charge in [-0.15, -0.1) is 0 Å². The summed E-state index contributed by atoms with van der Waals surface area (Å²) < 4.78 is 24.8. The molecule has 0 amide bonds. The maximum Gasteiger partial charge on any atom is 0.196 e. The first kappa shape index (κ1) is 23.7. The predicted molar refractivity (Wildman–Crippen MR) is 130 cm³/mol. The predicted octanol–water partition coefficient (Wildman–Crippen LogP) is 4.95. The normalized spacial score (nSPS) is 25.6. The number of hydrogen-bond donors (Lipinski definition) is 1. The van der Waals surface area contributed by atoms with E-state index in [1.807, 2.05) is 73.7 Å². The molecule has 0 spiro atoms. The first-order valence-electron chi connectivity index (χ1n) is 12.0. The highest BCUT2D eigenvalue weighted by molar-refractivity contribution is 6.10. The molecule has 182 valence electrons. The van der Waals surface area contributed by atoms with Crippen LogP contribution in [0, 0.1) is 0 Å². The first-order valence-corrected chi connectivity index (χ1v) is 12.0. The SMILES string of the molecule is COc1c([C@H]2C[C@@H](OCc3ccccc3)[C@H](OCc3ccccc3)[C@@H](C)O2)ccc2c1C(O)C2=O. The van der Waals surface area contributed by atoms with Crippen molar-refractivity contribution >= 4 is 5.78 Å². The summed E-state index contributed by atoms with van der Waals surface area (Å²) in [4.78, 5) is 12.0. The number of ketones is 1. The second kappa shape index (κ2) is 10.3. The summed E-state index contributed by atoms with van der Waals surface area (Å²) in [5.41, 5.74) is 4.02. The van der Waals surface area contributed by atoms with E-state index < -0.39 is 6.10 Å². The van der Waals surface area contributed by atoms with Crippen LogP contribution in [0.1, 0.15) is 58.2 Å². The van der Waals surface area contributed by atoms with Crippen molar-refractivity contribution in [2.75, 3.05) is 7.11 Å². The highest BCUT2D eigenvalue weighted by Crippen LogP contribution is 2.46. The number of carbonyl (C=O) groups excluding carboxylic acids is 1. The zero-order valence-corrected chi connectivity index (χ0v) is 19.9. The summed E-state index contributed by atoms with van der Waals surface area (Å²) in [6.45, 7) is 2.92. The van der Waals surface area contributed by atoms with E-state index in [0.717, 1.165) is 16.7 Å². The molecule has 1 aliphatic carbocycles. The first-order chi connectivity index (χ1) is 17.1. The Morgan fingerprint density at radius 2 is 1.54 bits per heavy atom. The molecule has 0 radical (unpaired) electrons. The van der Waals surface area contributed by atoms with Gasteiger partial charge in [0, 0.05) is 23.1 Å². The lowest BCUT2D eigenvalue weighted by atomic mass is 9.80. The second-order valence-corrected chi connectivity index (χ2v) is 9.08. The summed E-state index contributed by atoms with van der Waals surface area (Å²) >= 11 is 0. The smallest absolute Gasteiger partial charge is 0.196 e. The molecule has 1 fully saturated rings. The lowest BCUT2D eigenvalue weighted by molar-refractivity contribution is -0.204. The van der Waals surface area contributed by atoms with Crippen molar-refractivity contribution in [3.8, 4) is 5.75 Å². The van der Waals surface area contributed by atoms with Crippen molar-refractivity contribution in [2.24, 2.45) is 0 Å². The fourth-order valence-electron chi connectivity index (χ4n) is 4.97. The minimum atomic E-state index is -1.15. The molecule has 6 heteroatoms. The molecule has 1 saturated heterocycles. The van der Waals surface area contributed by atoms with Crippen molar-refractivity contribution in [1.29, 1.82) is 0 Å². The molecule has 2 aliphatic rings. The molecule has 0 bridgehead atoms. The summed E-state index contributed by atoms with van der Waals surface area (Å²) in [5.74, 6) is 0.235. The van der Waals surface area contributed by atoms with Crippen LogP contribution >= 0.6 is 0 Å². The van der Waals surface area contributed by atoms with Crippen molar-refractivity contribution in [2.45, 2.75) is 57.1 Å². The fourth-order valence-corrected chi connectivity index (χ4v) is 4.97. The van der Waals surface area contributed by atoms with Crippen molar-refractivity contribution in [3.05, 3.63) is 101 Å². The average Bonchev–Trinajstić information content (AvgIpc) is 2.90. The quantitative estimate of drug-likeness (QED) is 0.498. The van der Waals surface area contributed by atoms with E-state index in [0.29, 0.717) is 36.5 Å². The van der Waals surface area contributed by atoms with Crippen LogP contribution in [0.3, 0.4) is 0 Å². The number of Topliss-reactive ketones (excluding diaryl/α,β-unsaturated/α-hetero) is 1. The van der Waals surface area contributed by atoms with Crippen LogP contribution in [0.15, 0.2) is 72.8 Å². The number of carbonyl (C=O) groups is 1. The highest BCUT2D eigenvalue weighted by atomic mass is 16.6. The number of rotatable bonds is 8. The average molecular weight is 475 g/mol. The third kappa shape index (κ3) is 4.75. The molecule has 6 nitrogen and oxygen atoms in total. The van der Waals surface area contributed by atoms with Gasteiger partial charge >= 0.3 is 0 Å². The van der Waals surface area contributed by atoms with Crippen molar-refractivity contribution in [1.82, 2.24) is 0 Å². The van der Waals surface area contributed by atoms with Crippen molar-refractivity contribution < 1.29 is 28.8 Å². The van der Waals surface area contributed by atoms with Crippen LogP contribution in [0.4, 0.5) is 0 Å². The standard InChI is InChI=1S/C29H30O6/c1-18-28(34-17-20-11-7-4-8-12-20)24(33-16-19-9-5-3-6-10-19)15-23(35-18)21-13-14-22-25(29(21)32-2)27(31)26(22)30/h3-14,18,23-24,27-28,31H,15-17H2,1-2H3/t18-,23-,24-,27?,28-/m1/s1. The summed E-state index contributed by atoms with van der Waals surface area (Å²) in [6, 6.07) is 23.7. The van der Waals surface area contributed by atoms with Crippen LogP contribution in [-0.2, 0) is 27.4 Å². The Labute approximate surface area is 205 Å². The topological polar surface area (TPSA) is 74.2 Å². The highest BCUT2D eigenvalue weighted by Gasteiger charge is 2.43. The van der Waals surface area contributed by atoms with Gasteiger partial charge < -0.3 is 24.1 Å². The van der Waals surface area contributed by atoms with Crippen LogP contribution in [0.5, 0.6) is 5.75 Å². The van der Waals surface area contributed by atoms with Crippen LogP contribution in [-0.4, -0.2) is 36.3 Å². The monoisotopic (exact) mass is 474 g/mol. The van der Waals surface area contributed by atoms with Gasteiger partial charge in [-0.3, -0.25) is 4.79 Å². The van der Waals surface area contributed by atoms with E-state index in [-0.39, 0.29) is 30.2 Å². The van der Waals surface area contributed by atoms with Gasteiger partial charge in [0.25, 0.3) is 0 Å². The lowest BCUT2D eigenvalue weighted by Crippen LogP contribution is -2.47. The van der Waals surface area contributed by atoms with Gasteiger partial charge in [-0.2, -0.15) is 0 Å². The maximum absolute atomic E-state index is 12.0. The Hall–Kier alpha value is -3.03. The van der Waals surface area contributed by atoms with Gasteiger partial charge in [-0.05, 0) is 18.1 Å². The van der Waals surface area contributed by atoms with E-state index in [1.165, 1.54) is 0 Å². The summed E-state index contributed by atoms with van der Waals surface area (Å²) in [7, 11) is 1.55. The number of ether oxygens (including phenoxy) is 4. The van der Waals surface area contributed by atoms with E-state index in [1.54, 1.807) is 13.2 Å². The molecule has 5 atom stereocenters. The van der Waals surface area contributed by atoms with Crippen molar-refractivity contribution in [3.63, 3.8) is 0 Å². The third-order valence-corrected chi connectivity index (χ3v) is 6.81. The van der Waals surface area contributed by atoms with Gasteiger partial charge in [0.05, 0.1) is 38.6 Å². The lowest BCUT2D eigenvalue weighted by Gasteiger charge is -2.41. The molecule has 1 heterocycles. The fraction of sp³-hybridized carbons (Fsp3) is 0.345. The zero-order valence-electron chi connectivity index (χ0n) is 19.9. The molecule has 3 aromatic carbocycles. The number of benzene rings is 3. The van der Waals surface area contributed by atoms with Crippen LogP contribution < -0.4 is 4.74 Å². The van der Waals surface area contributed by atoms with Crippen LogP contribution in [0.25, 0.3) is 0 Å². The molecule has 0 aromatic heterocycles. The molecule has 1 unspecified atom stereocenters. The van der Waals surface area contributed by atoms with Gasteiger partial charge in [-0.1, -0.05) is 72.8 Å². The summed E-state index contributed by atoms with van der Waals surface area (Å²) in [6.07, 6.45) is -1.66. The summed E-state index contributed by atoms with van der Waals surface area (Å²) in [5, 5.41) is 10.2. The number of aliphatic hydroxyl groups excluding tert-OH is 1. The third-order valence-electron chi connectivity index (χ3n) is 6.81. The Morgan fingerprint density at radius 3 is 2.17 bits per heavy atom. The number of aliphatic hydroxyl groups is 1. The van der Waals surface area contributed by atoms with E-state index >= 15 is 0 Å². The Bertz CT molecular complexity index is 1160. The maximum atomic E-state index is 12.0. The molecule has 3 aromatic rings. The zero-order chi connectivity index (χ0) is 24.4. The Kier molecular flexibility index (Phi) is 6.97. The number of methoxy groups -OCH3 is 1. The van der Waals surface area contributed by atoms with Gasteiger partial charge in [0.15, 0.2) is 5.78 Å². The minimum Gasteiger partial charge on any atom is -0.496 e. The van der Waals surface area contributed by atoms with Crippen LogP contribution in [0.2, 0.25) is 0 Å². The molecule has 35 heavy (non-hydrogen) atoms. The molecule has 5 rings (SSSR count). The minimum absolute atomic E-state index is 0.227. The molecule has 0 saturated carbocycles. The molecule has 1 N–H and O–H groups in total. The van der Waals surface area contributed by atoms with E-state index in [4.69, 9.17) is 18.9 Å². The van der Waals surface area contributed by atoms with E-state index in [9.17, 15) is 9.90 Å². The Balaban J connectivity index is 1.38. The molecule has 1 aliphatic heterocycles. The van der Waals surface area contributed by atoms with Gasteiger partial charge in [-0.25, -0.2) is 0 Å². The number of hydrogen-bond acceptors (Lipinski definition) is 6. The van der Waals surface area contributed by atoms with Gasteiger partial charge in [0.2, 0.25) is 0 Å². The Morgan fingerprint density at radius 1 is 0.914 bits per heavy atom. The second-order valence-electron chi connectivity index (χ2n) is 9.08. The largest absolute Gasteiger partial charge is 0.496 e.